The molecule has 2 atom stereocenters. The van der Waals surface area contributed by atoms with E-state index in [1.165, 1.54) is 19.3 Å². The van der Waals surface area contributed by atoms with E-state index in [0.29, 0.717) is 19.8 Å². The van der Waals surface area contributed by atoms with Crippen molar-refractivity contribution in [3.63, 3.8) is 0 Å². The summed E-state index contributed by atoms with van der Waals surface area (Å²) < 4.78 is 10.3. The van der Waals surface area contributed by atoms with Crippen LogP contribution in [0.3, 0.4) is 0 Å². The smallest absolute Gasteiger partial charge is 0.0900 e. The number of ether oxygens (including phenoxy) is 2. The third kappa shape index (κ3) is 7.25. The van der Waals surface area contributed by atoms with Gasteiger partial charge in [0.15, 0.2) is 0 Å². The highest BCUT2D eigenvalue weighted by Crippen LogP contribution is 2.24. The zero-order valence-electron chi connectivity index (χ0n) is 12.8. The van der Waals surface area contributed by atoms with Crippen LogP contribution in [0.15, 0.2) is 0 Å². The van der Waals surface area contributed by atoms with E-state index in [1.54, 1.807) is 7.11 Å². The van der Waals surface area contributed by atoms with Crippen LogP contribution in [0.2, 0.25) is 0 Å². The lowest BCUT2D eigenvalue weighted by atomic mass is 9.89. The third-order valence-electron chi connectivity index (χ3n) is 4.02. The molecule has 1 aliphatic heterocycles. The molecule has 1 heterocycles. The molecule has 1 saturated heterocycles. The zero-order valence-corrected chi connectivity index (χ0v) is 12.8. The summed E-state index contributed by atoms with van der Waals surface area (Å²) in [6, 6.07) is 0. The van der Waals surface area contributed by atoms with Gasteiger partial charge in [-0.15, -0.1) is 0 Å². The molecule has 0 radical (unpaired) electrons. The average Bonchev–Trinajstić information content (AvgIpc) is 2.60. The lowest BCUT2D eigenvalue weighted by Gasteiger charge is -2.23. The lowest BCUT2D eigenvalue weighted by Crippen LogP contribution is -2.36. The van der Waals surface area contributed by atoms with Gasteiger partial charge in [-0.2, -0.15) is 0 Å². The number of methoxy groups -OCH3 is 1. The maximum atomic E-state index is 9.96. The molecule has 0 spiro atoms. The van der Waals surface area contributed by atoms with Crippen molar-refractivity contribution in [2.45, 2.75) is 39.2 Å². The molecule has 1 aliphatic rings. The molecule has 0 amide bonds. The first-order valence-corrected chi connectivity index (χ1v) is 7.60. The zero-order chi connectivity index (χ0) is 14.1. The summed E-state index contributed by atoms with van der Waals surface area (Å²) in [5.41, 5.74) is 0. The van der Waals surface area contributed by atoms with E-state index < -0.39 is 0 Å². The Morgan fingerprint density at radius 3 is 2.68 bits per heavy atom. The van der Waals surface area contributed by atoms with Gasteiger partial charge in [0.05, 0.1) is 25.9 Å². The number of aliphatic hydroxyl groups is 1. The summed E-state index contributed by atoms with van der Waals surface area (Å²) in [6.07, 6.45) is 3.45. The monoisotopic (exact) mass is 273 g/mol. The molecule has 4 nitrogen and oxygen atoms in total. The molecule has 114 valence electrons. The molecule has 1 fully saturated rings. The van der Waals surface area contributed by atoms with Gasteiger partial charge in [0.2, 0.25) is 0 Å². The first-order chi connectivity index (χ1) is 9.13. The van der Waals surface area contributed by atoms with Gasteiger partial charge >= 0.3 is 0 Å². The van der Waals surface area contributed by atoms with Gasteiger partial charge in [-0.1, -0.05) is 13.8 Å². The van der Waals surface area contributed by atoms with Crippen molar-refractivity contribution in [1.82, 2.24) is 4.90 Å². The molecule has 0 saturated carbocycles. The Balaban J connectivity index is 2.17. The van der Waals surface area contributed by atoms with E-state index in [2.05, 4.69) is 18.7 Å². The summed E-state index contributed by atoms with van der Waals surface area (Å²) in [5, 5.41) is 9.96. The van der Waals surface area contributed by atoms with Crippen molar-refractivity contribution in [1.29, 1.82) is 0 Å². The van der Waals surface area contributed by atoms with E-state index in [4.69, 9.17) is 9.47 Å². The molecule has 19 heavy (non-hydrogen) atoms. The fourth-order valence-corrected chi connectivity index (χ4v) is 2.74. The first kappa shape index (κ1) is 16.9. The Hall–Kier alpha value is -0.160. The van der Waals surface area contributed by atoms with Crippen LogP contribution in [0, 0.1) is 11.8 Å². The van der Waals surface area contributed by atoms with Crippen molar-refractivity contribution in [3.8, 4) is 0 Å². The summed E-state index contributed by atoms with van der Waals surface area (Å²) in [6.45, 7) is 9.15. The summed E-state index contributed by atoms with van der Waals surface area (Å²) >= 11 is 0. The van der Waals surface area contributed by atoms with Crippen LogP contribution < -0.4 is 0 Å². The molecule has 0 bridgehead atoms. The molecule has 2 unspecified atom stereocenters. The number of β-amino-alcohol motifs (C(OH)–C–C–N with tert-alkyl or cyclic N) is 1. The fourth-order valence-electron chi connectivity index (χ4n) is 2.74. The van der Waals surface area contributed by atoms with Gasteiger partial charge in [0.1, 0.15) is 0 Å². The van der Waals surface area contributed by atoms with Gasteiger partial charge in [-0.05, 0) is 44.2 Å². The Kier molecular flexibility index (Phi) is 8.62. The molecule has 0 aromatic rings. The predicted molar refractivity (Wildman–Crippen MR) is 77.3 cm³/mol. The highest BCUT2D eigenvalue weighted by atomic mass is 16.5. The van der Waals surface area contributed by atoms with E-state index in [1.807, 2.05) is 0 Å². The van der Waals surface area contributed by atoms with E-state index in [0.717, 1.165) is 31.5 Å². The van der Waals surface area contributed by atoms with Crippen molar-refractivity contribution in [2.24, 2.45) is 11.8 Å². The van der Waals surface area contributed by atoms with Crippen LogP contribution in [0.25, 0.3) is 0 Å². The topological polar surface area (TPSA) is 41.9 Å². The molecular weight excluding hydrogens is 242 g/mol. The average molecular weight is 273 g/mol. The van der Waals surface area contributed by atoms with Crippen LogP contribution in [0.1, 0.15) is 33.1 Å². The van der Waals surface area contributed by atoms with Gasteiger partial charge in [-0.25, -0.2) is 0 Å². The molecule has 0 aromatic heterocycles. The lowest BCUT2D eigenvalue weighted by molar-refractivity contribution is -0.000277. The number of hydrogen-bond acceptors (Lipinski definition) is 4. The number of aliphatic hydroxyl groups excluding tert-OH is 1. The van der Waals surface area contributed by atoms with Gasteiger partial charge in [0.25, 0.3) is 0 Å². The number of hydrogen-bond donors (Lipinski definition) is 1. The normalized spacial score (nSPS) is 23.5. The molecular formula is C15H31NO3. The second-order valence-corrected chi connectivity index (χ2v) is 5.96. The highest BCUT2D eigenvalue weighted by molar-refractivity contribution is 4.74. The van der Waals surface area contributed by atoms with Gasteiger partial charge < -0.3 is 19.5 Å². The highest BCUT2D eigenvalue weighted by Gasteiger charge is 2.20. The Morgan fingerprint density at radius 1 is 1.21 bits per heavy atom. The van der Waals surface area contributed by atoms with E-state index in [9.17, 15) is 5.11 Å². The Bertz CT molecular complexity index is 223. The fraction of sp³-hybridized carbons (Fsp3) is 1.00. The van der Waals surface area contributed by atoms with Crippen LogP contribution in [-0.4, -0.2) is 62.7 Å². The van der Waals surface area contributed by atoms with Gasteiger partial charge in [-0.3, -0.25) is 0 Å². The summed E-state index contributed by atoms with van der Waals surface area (Å²) in [7, 11) is 1.65. The van der Waals surface area contributed by atoms with Gasteiger partial charge in [0, 0.05) is 13.7 Å². The molecule has 1 N–H and O–H groups in total. The minimum atomic E-state index is -0.382. The van der Waals surface area contributed by atoms with Crippen molar-refractivity contribution < 1.29 is 14.6 Å². The molecule has 0 aromatic carbocycles. The van der Waals surface area contributed by atoms with E-state index >= 15 is 0 Å². The minimum Gasteiger partial charge on any atom is -0.389 e. The Labute approximate surface area is 118 Å². The maximum Gasteiger partial charge on any atom is 0.0900 e. The van der Waals surface area contributed by atoms with Crippen LogP contribution >= 0.6 is 0 Å². The first-order valence-electron chi connectivity index (χ1n) is 7.60. The SMILES string of the molecule is COCCOCC(O)CN1CCCC(C(C)C)CC1. The number of nitrogens with zero attached hydrogens (tertiary/aromatic N) is 1. The summed E-state index contributed by atoms with van der Waals surface area (Å²) in [5.74, 6) is 1.63. The predicted octanol–water partition coefficient (Wildman–Crippen LogP) is 1.77. The van der Waals surface area contributed by atoms with Crippen molar-refractivity contribution >= 4 is 0 Å². The maximum absolute atomic E-state index is 9.96. The molecule has 1 rings (SSSR count). The van der Waals surface area contributed by atoms with Crippen molar-refractivity contribution in [2.75, 3.05) is 46.6 Å². The Morgan fingerprint density at radius 2 is 2.00 bits per heavy atom. The third-order valence-corrected chi connectivity index (χ3v) is 4.02. The number of likely N-dealkylation sites (tertiary alicyclic amines) is 1. The largest absolute Gasteiger partial charge is 0.389 e. The summed E-state index contributed by atoms with van der Waals surface area (Å²) in [4.78, 5) is 2.38. The quantitative estimate of drug-likeness (QED) is 0.684. The molecule has 0 aliphatic carbocycles. The van der Waals surface area contributed by atoms with E-state index in [-0.39, 0.29) is 6.10 Å². The van der Waals surface area contributed by atoms with Crippen LogP contribution in [0.5, 0.6) is 0 Å². The van der Waals surface area contributed by atoms with Crippen molar-refractivity contribution in [3.05, 3.63) is 0 Å². The second-order valence-electron chi connectivity index (χ2n) is 5.96. The molecule has 4 heteroatoms. The minimum absolute atomic E-state index is 0.382. The van der Waals surface area contributed by atoms with Crippen LogP contribution in [0.4, 0.5) is 0 Å². The standard InChI is InChI=1S/C15H31NO3/c1-13(2)14-5-4-7-16(8-6-14)11-15(17)12-19-10-9-18-3/h13-15,17H,4-12H2,1-3H3. The van der Waals surface area contributed by atoms with Crippen LogP contribution in [-0.2, 0) is 9.47 Å². The number of rotatable bonds is 8. The second kappa shape index (κ2) is 9.70.